The SMILES string of the molecule is Nc1ncnc2c1ncn2C1OC(CO)C(NC(=O)C(CCCCNC(=O)OCc2ccccc2)NC(=O)OCc2ccccc2)C1O. The molecule has 7 N–H and O–H groups in total. The van der Waals surface area contributed by atoms with E-state index in [0.29, 0.717) is 24.0 Å². The summed E-state index contributed by atoms with van der Waals surface area (Å²) < 4.78 is 17.9. The van der Waals surface area contributed by atoms with Gasteiger partial charge in [0.25, 0.3) is 0 Å². The number of anilines is 1. The number of nitrogens with one attached hydrogen (secondary N) is 3. The van der Waals surface area contributed by atoms with E-state index in [0.717, 1.165) is 11.1 Å². The fourth-order valence-electron chi connectivity index (χ4n) is 5.24. The Morgan fingerprint density at radius 2 is 1.60 bits per heavy atom. The van der Waals surface area contributed by atoms with Crippen molar-refractivity contribution >= 4 is 35.1 Å². The van der Waals surface area contributed by atoms with Gasteiger partial charge in [0.05, 0.1) is 19.0 Å². The third-order valence-electron chi connectivity index (χ3n) is 7.75. The summed E-state index contributed by atoms with van der Waals surface area (Å²) in [6.07, 6.45) is -1.10. The number of hydrogen-bond acceptors (Lipinski definition) is 12. The number of hydrogen-bond donors (Lipinski definition) is 6. The van der Waals surface area contributed by atoms with E-state index in [-0.39, 0.29) is 32.0 Å². The fraction of sp³-hybridized carbons (Fsp3) is 0.375. The van der Waals surface area contributed by atoms with Crippen LogP contribution in [0.15, 0.2) is 73.3 Å². The number of aliphatic hydroxyl groups excluding tert-OH is 2. The van der Waals surface area contributed by atoms with E-state index in [1.54, 1.807) is 12.1 Å². The van der Waals surface area contributed by atoms with Gasteiger partial charge in [-0.15, -0.1) is 0 Å². The first-order valence-corrected chi connectivity index (χ1v) is 15.4. The standard InChI is InChI=1S/C32H38N8O8/c33-27-25-28(36-18-35-27)40(19-37-25)30-26(42)24(23(15-41)48-30)39-29(43)22(38-32(45)47-17-21-11-5-2-6-12-21)13-7-8-14-34-31(44)46-16-20-9-3-1-4-10-20/h1-6,9-12,18-19,22-24,26,30,41-42H,7-8,13-17H2,(H,34,44)(H,38,45)(H,39,43)(H2,33,35,36). The van der Waals surface area contributed by atoms with Crippen LogP contribution >= 0.6 is 0 Å². The van der Waals surface area contributed by atoms with Gasteiger partial charge in [0.1, 0.15) is 43.3 Å². The molecular formula is C32H38N8O8. The average molecular weight is 663 g/mol. The number of aromatic nitrogens is 4. The zero-order chi connectivity index (χ0) is 33.9. The molecule has 16 nitrogen and oxygen atoms in total. The van der Waals surface area contributed by atoms with Gasteiger partial charge in [-0.3, -0.25) is 9.36 Å². The smallest absolute Gasteiger partial charge is 0.408 e. The summed E-state index contributed by atoms with van der Waals surface area (Å²) in [6, 6.07) is 16.2. The van der Waals surface area contributed by atoms with Crippen molar-refractivity contribution in [3.8, 4) is 0 Å². The number of imidazole rings is 1. The van der Waals surface area contributed by atoms with Crippen LogP contribution in [0.25, 0.3) is 11.2 Å². The van der Waals surface area contributed by atoms with Crippen LogP contribution in [-0.2, 0) is 32.2 Å². The molecule has 5 rings (SSSR count). The Bertz CT molecular complexity index is 1660. The highest BCUT2D eigenvalue weighted by atomic mass is 16.6. The molecular weight excluding hydrogens is 624 g/mol. The molecule has 4 aromatic rings. The van der Waals surface area contributed by atoms with Gasteiger partial charge in [0.2, 0.25) is 5.91 Å². The Balaban J connectivity index is 1.18. The largest absolute Gasteiger partial charge is 0.445 e. The molecule has 16 heteroatoms. The molecule has 1 aliphatic rings. The molecule has 1 saturated heterocycles. The molecule has 254 valence electrons. The van der Waals surface area contributed by atoms with Crippen molar-refractivity contribution in [2.75, 3.05) is 18.9 Å². The molecule has 48 heavy (non-hydrogen) atoms. The summed E-state index contributed by atoms with van der Waals surface area (Å²) >= 11 is 0. The van der Waals surface area contributed by atoms with Crippen LogP contribution in [0.1, 0.15) is 36.6 Å². The molecule has 0 bridgehead atoms. The summed E-state index contributed by atoms with van der Waals surface area (Å²) in [5, 5.41) is 29.3. The van der Waals surface area contributed by atoms with Gasteiger partial charge in [-0.1, -0.05) is 60.7 Å². The number of fused-ring (bicyclic) bond motifs is 1. The summed E-state index contributed by atoms with van der Waals surface area (Å²) in [5.74, 6) is -0.488. The number of alkyl carbamates (subject to hydrolysis) is 2. The number of ether oxygens (including phenoxy) is 3. The minimum absolute atomic E-state index is 0.00754. The van der Waals surface area contributed by atoms with Gasteiger partial charge in [-0.25, -0.2) is 24.5 Å². The molecule has 0 aliphatic carbocycles. The van der Waals surface area contributed by atoms with Crippen LogP contribution in [0, 0.1) is 0 Å². The van der Waals surface area contributed by atoms with Crippen LogP contribution in [0.2, 0.25) is 0 Å². The maximum absolute atomic E-state index is 13.6. The maximum Gasteiger partial charge on any atom is 0.408 e. The normalized spacial score (nSPS) is 19.4. The number of unbranched alkanes of at least 4 members (excludes halogenated alkanes) is 1. The van der Waals surface area contributed by atoms with Crippen molar-refractivity contribution in [2.45, 2.75) is 63.0 Å². The summed E-state index contributed by atoms with van der Waals surface area (Å²) in [6.45, 7) is -0.121. The van der Waals surface area contributed by atoms with E-state index in [1.165, 1.54) is 17.2 Å². The number of carbonyl (C=O) groups excluding carboxylic acids is 3. The quantitative estimate of drug-likeness (QED) is 0.106. The van der Waals surface area contributed by atoms with E-state index < -0.39 is 55.2 Å². The molecule has 2 aromatic heterocycles. The second-order valence-corrected chi connectivity index (χ2v) is 11.1. The second-order valence-electron chi connectivity index (χ2n) is 11.1. The predicted octanol–water partition coefficient (Wildman–Crippen LogP) is 1.54. The lowest BCUT2D eigenvalue weighted by atomic mass is 10.0. The molecule has 3 heterocycles. The molecule has 1 fully saturated rings. The zero-order valence-corrected chi connectivity index (χ0v) is 26.0. The van der Waals surface area contributed by atoms with Crippen molar-refractivity contribution in [1.29, 1.82) is 0 Å². The third-order valence-corrected chi connectivity index (χ3v) is 7.75. The Kier molecular flexibility index (Phi) is 11.7. The number of rotatable bonds is 14. The second kappa shape index (κ2) is 16.5. The first-order chi connectivity index (χ1) is 23.3. The zero-order valence-electron chi connectivity index (χ0n) is 26.0. The summed E-state index contributed by atoms with van der Waals surface area (Å²) in [5.41, 5.74) is 8.11. The summed E-state index contributed by atoms with van der Waals surface area (Å²) in [7, 11) is 0. The highest BCUT2D eigenvalue weighted by Crippen LogP contribution is 2.32. The minimum atomic E-state index is -1.34. The summed E-state index contributed by atoms with van der Waals surface area (Å²) in [4.78, 5) is 50.7. The molecule has 0 spiro atoms. The van der Waals surface area contributed by atoms with Crippen LogP contribution in [0.3, 0.4) is 0 Å². The highest BCUT2D eigenvalue weighted by molar-refractivity contribution is 5.86. The van der Waals surface area contributed by atoms with Gasteiger partial charge >= 0.3 is 12.2 Å². The molecule has 3 amide bonds. The van der Waals surface area contributed by atoms with Gasteiger partial charge in [-0.05, 0) is 30.4 Å². The number of amides is 3. The van der Waals surface area contributed by atoms with E-state index in [9.17, 15) is 24.6 Å². The number of benzene rings is 2. The first-order valence-electron chi connectivity index (χ1n) is 15.4. The van der Waals surface area contributed by atoms with Crippen LogP contribution in [0.4, 0.5) is 15.4 Å². The predicted molar refractivity (Wildman–Crippen MR) is 171 cm³/mol. The lowest BCUT2D eigenvalue weighted by Gasteiger charge is -2.24. The molecule has 5 atom stereocenters. The molecule has 2 aromatic carbocycles. The lowest BCUT2D eigenvalue weighted by Crippen LogP contribution is -2.55. The molecule has 5 unspecified atom stereocenters. The van der Waals surface area contributed by atoms with E-state index in [2.05, 4.69) is 30.9 Å². The number of nitrogens with two attached hydrogens (primary N) is 1. The highest BCUT2D eigenvalue weighted by Gasteiger charge is 2.46. The number of nitrogens with zero attached hydrogens (tertiary/aromatic N) is 4. The van der Waals surface area contributed by atoms with Crippen molar-refractivity contribution in [3.05, 3.63) is 84.4 Å². The fourth-order valence-corrected chi connectivity index (χ4v) is 5.24. The molecule has 1 aliphatic heterocycles. The van der Waals surface area contributed by atoms with Crippen molar-refractivity contribution in [3.63, 3.8) is 0 Å². The van der Waals surface area contributed by atoms with E-state index >= 15 is 0 Å². The van der Waals surface area contributed by atoms with Crippen LogP contribution in [-0.4, -0.2) is 85.3 Å². The van der Waals surface area contributed by atoms with E-state index in [1.807, 2.05) is 48.5 Å². The van der Waals surface area contributed by atoms with Crippen LogP contribution in [0.5, 0.6) is 0 Å². The monoisotopic (exact) mass is 662 g/mol. The minimum Gasteiger partial charge on any atom is -0.445 e. The van der Waals surface area contributed by atoms with Gasteiger partial charge < -0.3 is 46.1 Å². The Labute approximate surface area is 275 Å². The van der Waals surface area contributed by atoms with Crippen molar-refractivity contribution < 1.29 is 38.8 Å². The first kappa shape index (κ1) is 34.0. The molecule has 0 saturated carbocycles. The number of nitrogen functional groups attached to an aromatic ring is 1. The lowest BCUT2D eigenvalue weighted by molar-refractivity contribution is -0.125. The number of carbonyl (C=O) groups is 3. The van der Waals surface area contributed by atoms with Crippen LogP contribution < -0.4 is 21.7 Å². The van der Waals surface area contributed by atoms with Gasteiger partial charge in [0.15, 0.2) is 17.7 Å². The number of aliphatic hydroxyl groups is 2. The maximum atomic E-state index is 13.6. The third kappa shape index (κ3) is 8.72. The topological polar surface area (TPSA) is 225 Å². The van der Waals surface area contributed by atoms with Gasteiger partial charge in [0, 0.05) is 6.54 Å². The van der Waals surface area contributed by atoms with E-state index in [4.69, 9.17) is 19.9 Å². The Hall–Kier alpha value is -5.32. The van der Waals surface area contributed by atoms with Gasteiger partial charge in [-0.2, -0.15) is 0 Å². The average Bonchev–Trinajstić information content (AvgIpc) is 3.67. The Morgan fingerprint density at radius 3 is 2.27 bits per heavy atom. The Morgan fingerprint density at radius 1 is 0.938 bits per heavy atom. The molecule has 0 radical (unpaired) electrons. The van der Waals surface area contributed by atoms with Crippen molar-refractivity contribution in [1.82, 2.24) is 35.5 Å². The van der Waals surface area contributed by atoms with Crippen molar-refractivity contribution in [2.24, 2.45) is 0 Å².